The Balaban J connectivity index is 1.11. The minimum Gasteiger partial charge on any atom is -0.264 e. The molecule has 0 N–H and O–H groups in total. The highest BCUT2D eigenvalue weighted by Crippen LogP contribution is 2.41. The van der Waals surface area contributed by atoms with E-state index in [1.807, 2.05) is 53.3 Å². The summed E-state index contributed by atoms with van der Waals surface area (Å²) in [7, 11) is 0. The quantitative estimate of drug-likeness (QED) is 0.169. The summed E-state index contributed by atoms with van der Waals surface area (Å²) in [5.74, 6) is 0.694. The molecule has 0 bridgehead atoms. The molecule has 0 fully saturated rings. The van der Waals surface area contributed by atoms with E-state index < -0.39 is 0 Å². The summed E-state index contributed by atoms with van der Waals surface area (Å²) < 4.78 is 5.20. The second-order valence-electron chi connectivity index (χ2n) is 14.5. The molecule has 0 aliphatic carbocycles. The van der Waals surface area contributed by atoms with Crippen molar-refractivity contribution in [3.8, 4) is 67.3 Å². The van der Waals surface area contributed by atoms with E-state index in [-0.39, 0.29) is 0 Å². The molecule has 11 aromatic rings. The van der Waals surface area contributed by atoms with Crippen LogP contribution in [-0.4, -0.2) is 15.0 Å². The fourth-order valence-electron chi connectivity index (χ4n) is 7.97. The van der Waals surface area contributed by atoms with Crippen molar-refractivity contribution in [1.82, 2.24) is 15.0 Å². The number of pyridine rings is 1. The number of nitrogens with zero attached hydrogens (tertiary/aromatic N) is 3. The van der Waals surface area contributed by atoms with Gasteiger partial charge in [-0.1, -0.05) is 103 Å². The Morgan fingerprint density at radius 2 is 0.877 bits per heavy atom. The maximum atomic E-state index is 5.29. The van der Waals surface area contributed by atoms with E-state index in [2.05, 4.69) is 164 Å². The molecule has 0 unspecified atom stereocenters. The number of aryl methyl sites for hydroxylation is 1. The molecular weight excluding hydrogens is 731 g/mol. The van der Waals surface area contributed by atoms with Gasteiger partial charge in [0.05, 0.1) is 11.4 Å². The molecule has 4 aromatic heterocycles. The van der Waals surface area contributed by atoms with Gasteiger partial charge in [0.2, 0.25) is 0 Å². The fourth-order valence-corrected chi connectivity index (χ4v) is 10.1. The van der Waals surface area contributed by atoms with E-state index in [0.717, 1.165) is 50.3 Å². The second kappa shape index (κ2) is 13.7. The summed E-state index contributed by atoms with van der Waals surface area (Å²) in [6.07, 6.45) is 3.77. The summed E-state index contributed by atoms with van der Waals surface area (Å²) in [5, 5.41) is 5.16. The van der Waals surface area contributed by atoms with Crippen molar-refractivity contribution in [2.24, 2.45) is 0 Å². The molecule has 268 valence electrons. The van der Waals surface area contributed by atoms with Gasteiger partial charge >= 0.3 is 0 Å². The Kier molecular flexibility index (Phi) is 8.09. The monoisotopic (exact) mass is 763 g/mol. The minimum atomic E-state index is 0.694. The van der Waals surface area contributed by atoms with Gasteiger partial charge in [0.1, 0.15) is 0 Å². The van der Waals surface area contributed by atoms with Gasteiger partial charge < -0.3 is 0 Å². The molecule has 4 heterocycles. The Bertz CT molecular complexity index is 3170. The van der Waals surface area contributed by atoms with Gasteiger partial charge in [-0.3, -0.25) is 4.98 Å². The van der Waals surface area contributed by atoms with Gasteiger partial charge in [0.15, 0.2) is 5.82 Å². The number of fused-ring (bicyclic) bond motifs is 6. The predicted octanol–water partition coefficient (Wildman–Crippen LogP) is 14.9. The molecule has 11 rings (SSSR count). The first-order chi connectivity index (χ1) is 28.1. The molecule has 0 spiro atoms. The van der Waals surface area contributed by atoms with Gasteiger partial charge in [-0.15, -0.1) is 22.7 Å². The summed E-state index contributed by atoms with van der Waals surface area (Å²) in [6.45, 7) is 2.12. The lowest BCUT2D eigenvalue weighted by Crippen LogP contribution is -1.96. The smallest absolute Gasteiger partial charge is 0.160 e. The van der Waals surface area contributed by atoms with Gasteiger partial charge in [-0.25, -0.2) is 9.97 Å². The maximum absolute atomic E-state index is 5.29. The van der Waals surface area contributed by atoms with Crippen LogP contribution < -0.4 is 0 Å². The summed E-state index contributed by atoms with van der Waals surface area (Å²) >= 11 is 3.70. The van der Waals surface area contributed by atoms with E-state index in [9.17, 15) is 0 Å². The first-order valence-electron chi connectivity index (χ1n) is 19.1. The number of hydrogen-bond donors (Lipinski definition) is 0. The average molecular weight is 764 g/mol. The van der Waals surface area contributed by atoms with Crippen LogP contribution in [0.3, 0.4) is 0 Å². The number of thiophene rings is 2. The molecule has 7 aromatic carbocycles. The van der Waals surface area contributed by atoms with Gasteiger partial charge in [-0.2, -0.15) is 0 Å². The zero-order valence-corrected chi connectivity index (χ0v) is 32.6. The van der Waals surface area contributed by atoms with E-state index in [0.29, 0.717) is 5.82 Å². The van der Waals surface area contributed by atoms with E-state index in [1.165, 1.54) is 57.0 Å². The molecule has 0 aliphatic rings. The van der Waals surface area contributed by atoms with Crippen molar-refractivity contribution < 1.29 is 0 Å². The lowest BCUT2D eigenvalue weighted by molar-refractivity contribution is 1.18. The number of aromatic nitrogens is 3. The third kappa shape index (κ3) is 6.09. The summed E-state index contributed by atoms with van der Waals surface area (Å²) in [5.41, 5.74) is 12.9. The summed E-state index contributed by atoms with van der Waals surface area (Å²) in [6, 6.07) is 61.3. The van der Waals surface area contributed by atoms with Crippen molar-refractivity contribution >= 4 is 63.0 Å². The normalized spacial score (nSPS) is 11.6. The minimum absolute atomic E-state index is 0.694. The van der Waals surface area contributed by atoms with Crippen LogP contribution in [0, 0.1) is 6.92 Å². The van der Waals surface area contributed by atoms with Crippen molar-refractivity contribution in [3.63, 3.8) is 0 Å². The van der Waals surface area contributed by atoms with E-state index in [1.54, 1.807) is 0 Å². The standard InChI is InChI=1S/C52H33N3S2/c1-32-23-24-53-31-45(32)33-15-17-34(18-16-33)46-30-47(55-52(54-46)35-9-3-2-4-10-35)40-26-38(36-19-21-50-43(28-36)41-11-5-7-13-48(41)56-50)25-39(27-40)37-20-22-51-44(29-37)42-12-6-8-14-49(42)57-51/h2-31H,1H3. The number of benzene rings is 7. The molecule has 3 nitrogen and oxygen atoms in total. The van der Waals surface area contributed by atoms with E-state index >= 15 is 0 Å². The molecule has 0 saturated carbocycles. The SMILES string of the molecule is Cc1ccncc1-c1ccc(-c2cc(-c3cc(-c4ccc5sc6ccccc6c5c4)cc(-c4ccc5sc6ccccc6c5c4)c3)nc(-c3ccccc3)n2)cc1. The van der Waals surface area contributed by atoms with Crippen LogP contribution in [0.4, 0.5) is 0 Å². The van der Waals surface area contributed by atoms with Crippen LogP contribution in [0.15, 0.2) is 182 Å². The molecule has 5 heteroatoms. The molecule has 0 aliphatic heterocycles. The van der Waals surface area contributed by atoms with E-state index in [4.69, 9.17) is 9.97 Å². The molecule has 0 saturated heterocycles. The Hall–Kier alpha value is -6.79. The van der Waals surface area contributed by atoms with Crippen LogP contribution in [0.1, 0.15) is 5.56 Å². The van der Waals surface area contributed by atoms with Crippen LogP contribution >= 0.6 is 22.7 Å². The average Bonchev–Trinajstić information content (AvgIpc) is 3.84. The zero-order chi connectivity index (χ0) is 37.9. The second-order valence-corrected chi connectivity index (χ2v) is 16.7. The lowest BCUT2D eigenvalue weighted by Gasteiger charge is -2.14. The Morgan fingerprint density at radius 3 is 1.49 bits per heavy atom. The Labute approximate surface area is 338 Å². The highest BCUT2D eigenvalue weighted by molar-refractivity contribution is 7.26. The number of rotatable bonds is 6. The third-order valence-electron chi connectivity index (χ3n) is 10.9. The summed E-state index contributed by atoms with van der Waals surface area (Å²) in [4.78, 5) is 14.9. The highest BCUT2D eigenvalue weighted by atomic mass is 32.1. The van der Waals surface area contributed by atoms with Crippen LogP contribution in [0.25, 0.3) is 108 Å². The first-order valence-corrected chi connectivity index (χ1v) is 20.7. The fraction of sp³-hybridized carbons (Fsp3) is 0.0192. The van der Waals surface area contributed by atoms with Crippen LogP contribution in [0.5, 0.6) is 0 Å². The number of hydrogen-bond acceptors (Lipinski definition) is 5. The lowest BCUT2D eigenvalue weighted by atomic mass is 9.93. The molecular formula is C52H33N3S2. The largest absolute Gasteiger partial charge is 0.264 e. The van der Waals surface area contributed by atoms with Crippen molar-refractivity contribution in [3.05, 3.63) is 188 Å². The van der Waals surface area contributed by atoms with Crippen molar-refractivity contribution in [1.29, 1.82) is 0 Å². The van der Waals surface area contributed by atoms with Crippen molar-refractivity contribution in [2.45, 2.75) is 6.92 Å². The predicted molar refractivity (Wildman–Crippen MR) is 243 cm³/mol. The third-order valence-corrected chi connectivity index (χ3v) is 13.2. The molecule has 57 heavy (non-hydrogen) atoms. The first kappa shape index (κ1) is 33.5. The van der Waals surface area contributed by atoms with Crippen molar-refractivity contribution in [2.75, 3.05) is 0 Å². The molecule has 0 radical (unpaired) electrons. The Morgan fingerprint density at radius 1 is 0.368 bits per heavy atom. The van der Waals surface area contributed by atoms with Gasteiger partial charge in [0.25, 0.3) is 0 Å². The molecule has 0 atom stereocenters. The zero-order valence-electron chi connectivity index (χ0n) is 31.0. The highest BCUT2D eigenvalue weighted by Gasteiger charge is 2.16. The molecule has 0 amide bonds. The van der Waals surface area contributed by atoms with Crippen LogP contribution in [-0.2, 0) is 0 Å². The van der Waals surface area contributed by atoms with Crippen LogP contribution in [0.2, 0.25) is 0 Å². The van der Waals surface area contributed by atoms with Gasteiger partial charge in [0, 0.05) is 75.0 Å². The van der Waals surface area contributed by atoms with Gasteiger partial charge in [-0.05, 0) is 107 Å². The maximum Gasteiger partial charge on any atom is 0.160 e. The topological polar surface area (TPSA) is 38.7 Å².